The van der Waals surface area contributed by atoms with Gasteiger partial charge in [0.25, 0.3) is 5.91 Å². The van der Waals surface area contributed by atoms with Gasteiger partial charge in [0.15, 0.2) is 0 Å². The molecule has 1 fully saturated rings. The molecule has 0 radical (unpaired) electrons. The van der Waals surface area contributed by atoms with Crippen LogP contribution < -0.4 is 4.74 Å². The number of rotatable bonds is 7. The number of hydrogen-bond acceptors (Lipinski definition) is 3. The van der Waals surface area contributed by atoms with Crippen molar-refractivity contribution in [2.24, 2.45) is 5.92 Å². The first-order chi connectivity index (χ1) is 16.1. The van der Waals surface area contributed by atoms with E-state index in [1.165, 1.54) is 0 Å². The lowest BCUT2D eigenvalue weighted by Crippen LogP contribution is -2.46. The van der Waals surface area contributed by atoms with E-state index < -0.39 is 0 Å². The van der Waals surface area contributed by atoms with Gasteiger partial charge in [0.05, 0.1) is 13.0 Å². The van der Waals surface area contributed by atoms with Crippen molar-refractivity contribution in [3.05, 3.63) is 102 Å². The molecule has 33 heavy (non-hydrogen) atoms. The minimum atomic E-state index is -0.201. The summed E-state index contributed by atoms with van der Waals surface area (Å²) in [6, 6.07) is 27.2. The van der Waals surface area contributed by atoms with Crippen LogP contribution in [0, 0.1) is 5.92 Å². The van der Waals surface area contributed by atoms with Crippen LogP contribution in [-0.2, 0) is 17.9 Å². The Labute approximate surface area is 195 Å². The summed E-state index contributed by atoms with van der Waals surface area (Å²) in [5, 5.41) is 0. The first kappa shape index (κ1) is 22.6. The molecule has 4 rings (SSSR count). The minimum absolute atomic E-state index is 0.00198. The predicted octanol–water partition coefficient (Wildman–Crippen LogP) is 4.78. The molecule has 0 N–H and O–H groups in total. The Kier molecular flexibility index (Phi) is 7.40. The van der Waals surface area contributed by atoms with E-state index in [0.717, 1.165) is 29.7 Å². The molecule has 1 unspecified atom stereocenters. The van der Waals surface area contributed by atoms with Gasteiger partial charge in [-0.2, -0.15) is 0 Å². The van der Waals surface area contributed by atoms with Crippen LogP contribution in [0.4, 0.5) is 0 Å². The number of likely N-dealkylation sites (tertiary alicyclic amines) is 1. The zero-order valence-corrected chi connectivity index (χ0v) is 19.0. The summed E-state index contributed by atoms with van der Waals surface area (Å²) in [6.07, 6.45) is 1.63. The molecular weight excluding hydrogens is 412 g/mol. The average Bonchev–Trinajstić information content (AvgIpc) is 2.89. The van der Waals surface area contributed by atoms with Crippen LogP contribution in [0.2, 0.25) is 0 Å². The van der Waals surface area contributed by atoms with Gasteiger partial charge in [0, 0.05) is 31.7 Å². The molecule has 1 heterocycles. The summed E-state index contributed by atoms with van der Waals surface area (Å²) >= 11 is 0. The zero-order valence-electron chi connectivity index (χ0n) is 19.0. The number of ether oxygens (including phenoxy) is 1. The largest absolute Gasteiger partial charge is 0.497 e. The first-order valence-electron chi connectivity index (χ1n) is 11.4. The molecule has 5 heteroatoms. The summed E-state index contributed by atoms with van der Waals surface area (Å²) in [4.78, 5) is 30.4. The van der Waals surface area contributed by atoms with Gasteiger partial charge in [0.1, 0.15) is 5.75 Å². The van der Waals surface area contributed by atoms with Crippen LogP contribution in [0.15, 0.2) is 84.9 Å². The lowest BCUT2D eigenvalue weighted by atomic mass is 9.95. The lowest BCUT2D eigenvalue weighted by Gasteiger charge is -2.35. The minimum Gasteiger partial charge on any atom is -0.497 e. The second-order valence-electron chi connectivity index (χ2n) is 8.48. The second kappa shape index (κ2) is 10.8. The molecule has 3 aromatic rings. The molecular formula is C28H30N2O3. The van der Waals surface area contributed by atoms with E-state index in [0.29, 0.717) is 31.7 Å². The Morgan fingerprint density at radius 2 is 1.48 bits per heavy atom. The highest BCUT2D eigenvalue weighted by atomic mass is 16.5. The van der Waals surface area contributed by atoms with Crippen LogP contribution >= 0.6 is 0 Å². The number of carbonyl (C=O) groups is 2. The van der Waals surface area contributed by atoms with Gasteiger partial charge in [-0.3, -0.25) is 9.59 Å². The maximum Gasteiger partial charge on any atom is 0.253 e. The van der Waals surface area contributed by atoms with Gasteiger partial charge in [0.2, 0.25) is 5.91 Å². The van der Waals surface area contributed by atoms with Gasteiger partial charge in [-0.1, -0.05) is 60.7 Å². The van der Waals surface area contributed by atoms with E-state index in [4.69, 9.17) is 4.74 Å². The van der Waals surface area contributed by atoms with Crippen molar-refractivity contribution < 1.29 is 14.3 Å². The summed E-state index contributed by atoms with van der Waals surface area (Å²) in [5.74, 6) is 0.688. The van der Waals surface area contributed by atoms with Crippen molar-refractivity contribution >= 4 is 11.8 Å². The van der Waals surface area contributed by atoms with Crippen molar-refractivity contribution in [1.29, 1.82) is 0 Å². The van der Waals surface area contributed by atoms with E-state index in [1.807, 2.05) is 94.7 Å². The highest BCUT2D eigenvalue weighted by molar-refractivity contribution is 5.94. The van der Waals surface area contributed by atoms with Crippen molar-refractivity contribution in [3.63, 3.8) is 0 Å². The fourth-order valence-corrected chi connectivity index (χ4v) is 4.35. The van der Waals surface area contributed by atoms with Crippen molar-refractivity contribution in [1.82, 2.24) is 9.80 Å². The van der Waals surface area contributed by atoms with E-state index in [1.54, 1.807) is 7.11 Å². The molecule has 170 valence electrons. The number of methoxy groups -OCH3 is 1. The smallest absolute Gasteiger partial charge is 0.253 e. The normalized spacial score (nSPS) is 15.7. The summed E-state index contributed by atoms with van der Waals surface area (Å²) in [6.45, 7) is 2.20. The zero-order chi connectivity index (χ0) is 23.0. The van der Waals surface area contributed by atoms with Gasteiger partial charge >= 0.3 is 0 Å². The Bertz CT molecular complexity index is 1050. The SMILES string of the molecule is COc1ccc(CN(Cc2ccccc2)C(=O)C2CCCN(C(=O)c3ccccc3)C2)cc1. The molecule has 3 aromatic carbocycles. The molecule has 1 atom stereocenters. The third-order valence-electron chi connectivity index (χ3n) is 6.14. The molecule has 1 aliphatic heterocycles. The van der Waals surface area contributed by atoms with E-state index in [-0.39, 0.29) is 17.7 Å². The maximum absolute atomic E-state index is 13.7. The highest BCUT2D eigenvalue weighted by Crippen LogP contribution is 2.23. The molecule has 0 bridgehead atoms. The number of amides is 2. The number of hydrogen-bond donors (Lipinski definition) is 0. The Morgan fingerprint density at radius 3 is 2.12 bits per heavy atom. The van der Waals surface area contributed by atoms with Crippen LogP contribution in [0.5, 0.6) is 5.75 Å². The fourth-order valence-electron chi connectivity index (χ4n) is 4.35. The third kappa shape index (κ3) is 5.80. The monoisotopic (exact) mass is 442 g/mol. The van der Waals surface area contributed by atoms with E-state index in [9.17, 15) is 9.59 Å². The summed E-state index contributed by atoms with van der Waals surface area (Å²) in [7, 11) is 1.64. The second-order valence-corrected chi connectivity index (χ2v) is 8.48. The van der Waals surface area contributed by atoms with Crippen molar-refractivity contribution in [2.45, 2.75) is 25.9 Å². The summed E-state index contributed by atoms with van der Waals surface area (Å²) in [5.41, 5.74) is 2.81. The van der Waals surface area contributed by atoms with E-state index >= 15 is 0 Å². The van der Waals surface area contributed by atoms with Gasteiger partial charge < -0.3 is 14.5 Å². The van der Waals surface area contributed by atoms with E-state index in [2.05, 4.69) is 0 Å². The van der Waals surface area contributed by atoms with Gasteiger partial charge in [-0.05, 0) is 48.2 Å². The first-order valence-corrected chi connectivity index (χ1v) is 11.4. The summed E-state index contributed by atoms with van der Waals surface area (Å²) < 4.78 is 5.27. The Balaban J connectivity index is 1.51. The van der Waals surface area contributed by atoms with Crippen molar-refractivity contribution in [2.75, 3.05) is 20.2 Å². The quantitative estimate of drug-likeness (QED) is 0.529. The number of nitrogens with zero attached hydrogens (tertiary/aromatic N) is 2. The molecule has 1 aliphatic rings. The standard InChI is InChI=1S/C28H30N2O3/c1-33-26-16-14-23(15-17-26)20-30(19-22-9-4-2-5-10-22)28(32)25-13-8-18-29(21-25)27(31)24-11-6-3-7-12-24/h2-7,9-12,14-17,25H,8,13,18-21H2,1H3. The molecule has 0 saturated carbocycles. The van der Waals surface area contributed by atoms with Crippen LogP contribution in [0.25, 0.3) is 0 Å². The maximum atomic E-state index is 13.7. The lowest BCUT2D eigenvalue weighted by molar-refractivity contribution is -0.138. The molecule has 1 saturated heterocycles. The number of carbonyl (C=O) groups excluding carboxylic acids is 2. The molecule has 2 amide bonds. The average molecular weight is 443 g/mol. The molecule has 0 aromatic heterocycles. The highest BCUT2D eigenvalue weighted by Gasteiger charge is 2.31. The molecule has 0 spiro atoms. The number of benzene rings is 3. The van der Waals surface area contributed by atoms with Crippen molar-refractivity contribution in [3.8, 4) is 5.75 Å². The topological polar surface area (TPSA) is 49.9 Å². The van der Waals surface area contributed by atoms with Gasteiger partial charge in [-0.25, -0.2) is 0 Å². The Hall–Kier alpha value is -3.60. The predicted molar refractivity (Wildman–Crippen MR) is 129 cm³/mol. The number of piperidine rings is 1. The van der Waals surface area contributed by atoms with Crippen LogP contribution in [-0.4, -0.2) is 41.8 Å². The Morgan fingerprint density at radius 1 is 0.879 bits per heavy atom. The fraction of sp³-hybridized carbons (Fsp3) is 0.286. The molecule has 5 nitrogen and oxygen atoms in total. The molecule has 0 aliphatic carbocycles. The third-order valence-corrected chi connectivity index (χ3v) is 6.14. The van der Waals surface area contributed by atoms with Crippen LogP contribution in [0.3, 0.4) is 0 Å². The van der Waals surface area contributed by atoms with Gasteiger partial charge in [-0.15, -0.1) is 0 Å². The van der Waals surface area contributed by atoms with Crippen LogP contribution in [0.1, 0.15) is 34.3 Å².